The average Bonchev–Trinajstić information content (AvgIpc) is 1.97. The summed E-state index contributed by atoms with van der Waals surface area (Å²) in [5, 5.41) is 2.82. The smallest absolute Gasteiger partial charge is 0.407 e. The predicted molar refractivity (Wildman–Crippen MR) is 57.8 cm³/mol. The first-order chi connectivity index (χ1) is 6.90. The molecule has 0 aromatic heterocycles. The molecule has 0 aromatic rings. The highest BCUT2D eigenvalue weighted by Crippen LogP contribution is 2.23. The Hall–Kier alpha value is -0.770. The normalized spacial score (nSPS) is 25.6. The van der Waals surface area contributed by atoms with Gasteiger partial charge in [-0.05, 0) is 40.5 Å². The number of rotatable bonds is 3. The molecule has 0 heterocycles. The fourth-order valence-electron chi connectivity index (χ4n) is 1.53. The van der Waals surface area contributed by atoms with E-state index in [0.717, 1.165) is 19.4 Å². The maximum Gasteiger partial charge on any atom is 0.407 e. The van der Waals surface area contributed by atoms with Crippen LogP contribution in [-0.2, 0) is 9.47 Å². The third-order valence-electron chi connectivity index (χ3n) is 2.22. The Balaban J connectivity index is 2.14. The van der Waals surface area contributed by atoms with Crippen molar-refractivity contribution < 1.29 is 14.3 Å². The van der Waals surface area contributed by atoms with Gasteiger partial charge in [-0.3, -0.25) is 0 Å². The van der Waals surface area contributed by atoms with E-state index < -0.39 is 5.60 Å². The standard InChI is InChI=1S/C11H21NO3/c1-5-14-9-6-8(7-9)12-10(13)15-11(2,3)4/h8-9H,5-7H2,1-4H3,(H,12,13)/t8-,9-. The SMILES string of the molecule is CCO[C@H]1C[C@H](NC(=O)OC(C)(C)C)C1. The van der Waals surface area contributed by atoms with Crippen LogP contribution in [0.3, 0.4) is 0 Å². The fourth-order valence-corrected chi connectivity index (χ4v) is 1.53. The summed E-state index contributed by atoms with van der Waals surface area (Å²) in [5.41, 5.74) is -0.423. The minimum atomic E-state index is -0.423. The van der Waals surface area contributed by atoms with E-state index in [1.807, 2.05) is 27.7 Å². The number of carbonyl (C=O) groups is 1. The zero-order chi connectivity index (χ0) is 11.5. The number of ether oxygens (including phenoxy) is 2. The Morgan fingerprint density at radius 1 is 1.40 bits per heavy atom. The first-order valence-electron chi connectivity index (χ1n) is 5.52. The van der Waals surface area contributed by atoms with Crippen molar-refractivity contribution in [3.8, 4) is 0 Å². The van der Waals surface area contributed by atoms with Crippen LogP contribution in [0.5, 0.6) is 0 Å². The van der Waals surface area contributed by atoms with Crippen LogP contribution >= 0.6 is 0 Å². The van der Waals surface area contributed by atoms with Gasteiger partial charge in [-0.2, -0.15) is 0 Å². The van der Waals surface area contributed by atoms with Gasteiger partial charge in [-0.25, -0.2) is 4.79 Å². The van der Waals surface area contributed by atoms with E-state index in [2.05, 4.69) is 5.32 Å². The molecule has 0 aromatic carbocycles. The van der Waals surface area contributed by atoms with Gasteiger partial charge in [-0.15, -0.1) is 0 Å². The van der Waals surface area contributed by atoms with Crippen molar-refractivity contribution in [1.29, 1.82) is 0 Å². The molecule has 1 fully saturated rings. The van der Waals surface area contributed by atoms with E-state index in [1.165, 1.54) is 0 Å². The largest absolute Gasteiger partial charge is 0.444 e. The third-order valence-corrected chi connectivity index (χ3v) is 2.22. The molecule has 1 amide bonds. The molecular formula is C11H21NO3. The highest BCUT2D eigenvalue weighted by molar-refractivity contribution is 5.68. The maximum atomic E-state index is 11.4. The van der Waals surface area contributed by atoms with Gasteiger partial charge < -0.3 is 14.8 Å². The topological polar surface area (TPSA) is 47.6 Å². The first-order valence-corrected chi connectivity index (χ1v) is 5.52. The Kier molecular flexibility index (Phi) is 3.97. The van der Waals surface area contributed by atoms with Crippen molar-refractivity contribution in [1.82, 2.24) is 5.32 Å². The molecule has 15 heavy (non-hydrogen) atoms. The summed E-state index contributed by atoms with van der Waals surface area (Å²) >= 11 is 0. The van der Waals surface area contributed by atoms with Crippen molar-refractivity contribution in [3.63, 3.8) is 0 Å². The van der Waals surface area contributed by atoms with Crippen molar-refractivity contribution in [2.24, 2.45) is 0 Å². The van der Waals surface area contributed by atoms with Gasteiger partial charge in [0.05, 0.1) is 6.10 Å². The van der Waals surface area contributed by atoms with E-state index in [0.29, 0.717) is 6.10 Å². The highest BCUT2D eigenvalue weighted by Gasteiger charge is 2.31. The van der Waals surface area contributed by atoms with Crippen LogP contribution in [0.4, 0.5) is 4.79 Å². The molecule has 4 nitrogen and oxygen atoms in total. The van der Waals surface area contributed by atoms with Crippen molar-refractivity contribution in [2.75, 3.05) is 6.61 Å². The van der Waals surface area contributed by atoms with Crippen LogP contribution in [-0.4, -0.2) is 30.4 Å². The van der Waals surface area contributed by atoms with Gasteiger partial charge >= 0.3 is 6.09 Å². The monoisotopic (exact) mass is 215 g/mol. The van der Waals surface area contributed by atoms with E-state index in [4.69, 9.17) is 9.47 Å². The Bertz CT molecular complexity index is 216. The zero-order valence-corrected chi connectivity index (χ0v) is 10.0. The lowest BCUT2D eigenvalue weighted by molar-refractivity contribution is -0.0141. The third kappa shape index (κ3) is 4.51. The number of hydrogen-bond donors (Lipinski definition) is 1. The summed E-state index contributed by atoms with van der Waals surface area (Å²) in [6, 6.07) is 0.219. The van der Waals surface area contributed by atoms with Gasteiger partial charge in [0.1, 0.15) is 5.60 Å². The summed E-state index contributed by atoms with van der Waals surface area (Å²) in [6.07, 6.45) is 1.78. The van der Waals surface area contributed by atoms with Crippen LogP contribution in [0, 0.1) is 0 Å². The quantitative estimate of drug-likeness (QED) is 0.784. The average molecular weight is 215 g/mol. The van der Waals surface area contributed by atoms with Crippen LogP contribution < -0.4 is 5.32 Å². The Labute approximate surface area is 91.3 Å². The van der Waals surface area contributed by atoms with Gasteiger partial charge in [0.25, 0.3) is 0 Å². The van der Waals surface area contributed by atoms with Gasteiger partial charge in [0.2, 0.25) is 0 Å². The highest BCUT2D eigenvalue weighted by atomic mass is 16.6. The number of amides is 1. The molecule has 1 aliphatic carbocycles. The van der Waals surface area contributed by atoms with Crippen molar-refractivity contribution in [2.45, 2.75) is 58.3 Å². The van der Waals surface area contributed by atoms with Crippen LogP contribution in [0.2, 0.25) is 0 Å². The Morgan fingerprint density at radius 3 is 2.47 bits per heavy atom. The molecule has 1 saturated carbocycles. The first kappa shape index (κ1) is 12.3. The predicted octanol–water partition coefficient (Wildman–Crippen LogP) is 2.08. The number of nitrogens with one attached hydrogen (secondary N) is 1. The van der Waals surface area contributed by atoms with Crippen molar-refractivity contribution in [3.05, 3.63) is 0 Å². The molecule has 0 aliphatic heterocycles. The molecule has 88 valence electrons. The molecule has 4 heteroatoms. The molecule has 1 aliphatic rings. The molecule has 1 N–H and O–H groups in total. The van der Waals surface area contributed by atoms with E-state index >= 15 is 0 Å². The summed E-state index contributed by atoms with van der Waals surface area (Å²) in [4.78, 5) is 11.4. The lowest BCUT2D eigenvalue weighted by atomic mass is 9.89. The van der Waals surface area contributed by atoms with Crippen LogP contribution in [0.15, 0.2) is 0 Å². The molecule has 0 atom stereocenters. The van der Waals surface area contributed by atoms with Gasteiger partial charge in [0, 0.05) is 12.6 Å². The number of carbonyl (C=O) groups excluding carboxylic acids is 1. The number of hydrogen-bond acceptors (Lipinski definition) is 3. The molecule has 0 unspecified atom stereocenters. The fraction of sp³-hybridized carbons (Fsp3) is 0.909. The molecule has 0 bridgehead atoms. The van der Waals surface area contributed by atoms with Crippen LogP contribution in [0.1, 0.15) is 40.5 Å². The maximum absolute atomic E-state index is 11.4. The minimum absolute atomic E-state index is 0.219. The summed E-state index contributed by atoms with van der Waals surface area (Å²) in [6.45, 7) is 8.29. The second-order valence-corrected chi connectivity index (χ2v) is 4.89. The van der Waals surface area contributed by atoms with Gasteiger partial charge in [-0.1, -0.05) is 0 Å². The zero-order valence-electron chi connectivity index (χ0n) is 10.0. The number of alkyl carbamates (subject to hydrolysis) is 1. The lowest BCUT2D eigenvalue weighted by Gasteiger charge is -2.35. The Morgan fingerprint density at radius 2 is 2.00 bits per heavy atom. The second kappa shape index (κ2) is 4.84. The summed E-state index contributed by atoms with van der Waals surface area (Å²) in [7, 11) is 0. The van der Waals surface area contributed by atoms with E-state index in [-0.39, 0.29) is 12.1 Å². The second-order valence-electron chi connectivity index (χ2n) is 4.89. The molecule has 1 rings (SSSR count). The molecule has 0 saturated heterocycles. The lowest BCUT2D eigenvalue weighted by Crippen LogP contribution is -2.49. The minimum Gasteiger partial charge on any atom is -0.444 e. The summed E-state index contributed by atoms with van der Waals surface area (Å²) in [5.74, 6) is 0. The molecular weight excluding hydrogens is 194 g/mol. The van der Waals surface area contributed by atoms with E-state index in [1.54, 1.807) is 0 Å². The van der Waals surface area contributed by atoms with Gasteiger partial charge in [0.15, 0.2) is 0 Å². The molecule has 0 spiro atoms. The van der Waals surface area contributed by atoms with Crippen molar-refractivity contribution >= 4 is 6.09 Å². The summed E-state index contributed by atoms with van der Waals surface area (Å²) < 4.78 is 10.5. The van der Waals surface area contributed by atoms with Crippen LogP contribution in [0.25, 0.3) is 0 Å². The molecule has 0 radical (unpaired) electrons. The van der Waals surface area contributed by atoms with E-state index in [9.17, 15) is 4.79 Å².